The summed E-state index contributed by atoms with van der Waals surface area (Å²) in [6.45, 7) is 1.62. The van der Waals surface area contributed by atoms with Gasteiger partial charge in [-0.25, -0.2) is 13.8 Å². The second-order valence-corrected chi connectivity index (χ2v) is 5.27. The molecule has 20 heavy (non-hydrogen) atoms. The van der Waals surface area contributed by atoms with Crippen molar-refractivity contribution in [2.45, 2.75) is 6.92 Å². The molecule has 1 aromatic carbocycles. The van der Waals surface area contributed by atoms with Crippen molar-refractivity contribution in [2.75, 3.05) is 5.32 Å². The first-order valence-electron chi connectivity index (χ1n) is 5.47. The third-order valence-electron chi connectivity index (χ3n) is 2.53. The van der Waals surface area contributed by atoms with Crippen LogP contribution in [-0.4, -0.2) is 10.9 Å². The highest BCUT2D eigenvalue weighted by Crippen LogP contribution is 2.22. The molecular formula is C13H8BrClF2N2O. The number of hydrogen-bond donors (Lipinski definition) is 1. The summed E-state index contributed by atoms with van der Waals surface area (Å²) >= 11 is 8.64. The van der Waals surface area contributed by atoms with Gasteiger partial charge in [-0.15, -0.1) is 0 Å². The first kappa shape index (κ1) is 14.9. The number of anilines is 1. The number of pyridine rings is 1. The zero-order chi connectivity index (χ0) is 14.9. The predicted octanol–water partition coefficient (Wildman–Crippen LogP) is 4.34. The molecule has 2 rings (SSSR count). The van der Waals surface area contributed by atoms with Crippen molar-refractivity contribution in [3.05, 3.63) is 56.8 Å². The van der Waals surface area contributed by atoms with Gasteiger partial charge in [-0.3, -0.25) is 4.79 Å². The van der Waals surface area contributed by atoms with Crippen LogP contribution in [-0.2, 0) is 0 Å². The molecule has 0 unspecified atom stereocenters. The van der Waals surface area contributed by atoms with Crippen LogP contribution >= 0.6 is 27.5 Å². The largest absolute Gasteiger partial charge is 0.320 e. The first-order chi connectivity index (χ1) is 9.38. The van der Waals surface area contributed by atoms with Gasteiger partial charge in [0.2, 0.25) is 0 Å². The Labute approximate surface area is 127 Å². The highest BCUT2D eigenvalue weighted by atomic mass is 79.9. The van der Waals surface area contributed by atoms with Crippen LogP contribution in [0.2, 0.25) is 5.15 Å². The third-order valence-corrected chi connectivity index (χ3v) is 3.20. The van der Waals surface area contributed by atoms with Gasteiger partial charge in [0.1, 0.15) is 22.4 Å². The van der Waals surface area contributed by atoms with Crippen molar-refractivity contribution in [3.8, 4) is 0 Å². The Hall–Kier alpha value is -1.53. The molecule has 1 amide bonds. The van der Waals surface area contributed by atoms with Crippen LogP contribution in [0.15, 0.2) is 28.7 Å². The maximum atomic E-state index is 13.7. The molecule has 0 saturated carbocycles. The first-order valence-corrected chi connectivity index (χ1v) is 6.64. The number of amides is 1. The quantitative estimate of drug-likeness (QED) is 0.809. The minimum atomic E-state index is -0.950. The van der Waals surface area contributed by atoms with Crippen molar-refractivity contribution >= 4 is 39.1 Å². The maximum absolute atomic E-state index is 13.7. The number of rotatable bonds is 2. The number of aromatic nitrogens is 1. The Morgan fingerprint density at radius 3 is 2.45 bits per heavy atom. The highest BCUT2D eigenvalue weighted by molar-refractivity contribution is 9.10. The summed E-state index contributed by atoms with van der Waals surface area (Å²) in [5.74, 6) is -2.79. The van der Waals surface area contributed by atoms with Gasteiger partial charge in [-0.1, -0.05) is 27.5 Å². The minimum absolute atomic E-state index is 0.216. The average Bonchev–Trinajstić information content (AvgIpc) is 2.31. The molecule has 3 nitrogen and oxygen atoms in total. The van der Waals surface area contributed by atoms with E-state index in [-0.39, 0.29) is 9.63 Å². The predicted molar refractivity (Wildman–Crippen MR) is 76.0 cm³/mol. The monoisotopic (exact) mass is 360 g/mol. The average molecular weight is 362 g/mol. The van der Waals surface area contributed by atoms with E-state index >= 15 is 0 Å². The van der Waals surface area contributed by atoms with E-state index < -0.39 is 23.1 Å². The van der Waals surface area contributed by atoms with Crippen LogP contribution in [0.1, 0.15) is 16.1 Å². The fourth-order valence-electron chi connectivity index (χ4n) is 1.61. The fourth-order valence-corrected chi connectivity index (χ4v) is 2.20. The van der Waals surface area contributed by atoms with E-state index in [0.29, 0.717) is 11.4 Å². The summed E-state index contributed by atoms with van der Waals surface area (Å²) in [6, 6.07) is 5.02. The molecular weight excluding hydrogens is 354 g/mol. The van der Waals surface area contributed by atoms with E-state index in [1.54, 1.807) is 6.92 Å². The SMILES string of the molecule is Cc1nc(Cl)ccc1NC(=O)c1c(F)cc(Br)cc1F. The number of hydrogen-bond acceptors (Lipinski definition) is 2. The smallest absolute Gasteiger partial charge is 0.261 e. The van der Waals surface area contributed by atoms with Gasteiger partial charge in [0, 0.05) is 4.47 Å². The van der Waals surface area contributed by atoms with Gasteiger partial charge in [-0.05, 0) is 31.2 Å². The number of nitrogens with one attached hydrogen (secondary N) is 1. The number of carbonyl (C=O) groups excluding carboxylic acids is 1. The molecule has 1 heterocycles. The number of halogens is 4. The zero-order valence-electron chi connectivity index (χ0n) is 10.2. The molecule has 0 aliphatic carbocycles. The summed E-state index contributed by atoms with van der Waals surface area (Å²) in [4.78, 5) is 15.9. The molecule has 0 bridgehead atoms. The van der Waals surface area contributed by atoms with Gasteiger partial charge in [0.05, 0.1) is 11.4 Å². The standard InChI is InChI=1S/C13H8BrClF2N2O/c1-6-10(2-3-11(15)18-6)19-13(20)12-8(16)4-7(14)5-9(12)17/h2-5H,1H3,(H,19,20). The molecule has 0 spiro atoms. The number of nitrogens with zero attached hydrogens (tertiary/aromatic N) is 1. The summed E-state index contributed by atoms with van der Waals surface area (Å²) in [5.41, 5.74) is 0.132. The lowest BCUT2D eigenvalue weighted by atomic mass is 10.1. The van der Waals surface area contributed by atoms with E-state index in [9.17, 15) is 13.6 Å². The lowest BCUT2D eigenvalue weighted by molar-refractivity contribution is 0.101. The maximum Gasteiger partial charge on any atom is 0.261 e. The summed E-state index contributed by atoms with van der Waals surface area (Å²) < 4.78 is 27.5. The molecule has 0 saturated heterocycles. The number of carbonyl (C=O) groups is 1. The minimum Gasteiger partial charge on any atom is -0.320 e. The van der Waals surface area contributed by atoms with Crippen molar-refractivity contribution in [1.82, 2.24) is 4.98 Å². The van der Waals surface area contributed by atoms with Gasteiger partial charge >= 0.3 is 0 Å². The molecule has 2 aromatic rings. The van der Waals surface area contributed by atoms with E-state index in [4.69, 9.17) is 11.6 Å². The van der Waals surface area contributed by atoms with Crippen LogP contribution in [0.25, 0.3) is 0 Å². The van der Waals surface area contributed by atoms with Crippen molar-refractivity contribution in [1.29, 1.82) is 0 Å². The Morgan fingerprint density at radius 1 is 1.30 bits per heavy atom. The second-order valence-electron chi connectivity index (χ2n) is 3.97. The van der Waals surface area contributed by atoms with Gasteiger partial charge in [0.15, 0.2) is 0 Å². The third kappa shape index (κ3) is 3.13. The van der Waals surface area contributed by atoms with Gasteiger partial charge in [-0.2, -0.15) is 0 Å². The van der Waals surface area contributed by atoms with Crippen LogP contribution in [0, 0.1) is 18.6 Å². The number of aryl methyl sites for hydroxylation is 1. The van der Waals surface area contributed by atoms with E-state index in [2.05, 4.69) is 26.2 Å². The van der Waals surface area contributed by atoms with E-state index in [1.165, 1.54) is 12.1 Å². The summed E-state index contributed by atoms with van der Waals surface area (Å²) in [6.07, 6.45) is 0. The molecule has 1 N–H and O–H groups in total. The van der Waals surface area contributed by atoms with Crippen molar-refractivity contribution < 1.29 is 13.6 Å². The van der Waals surface area contributed by atoms with Crippen molar-refractivity contribution in [3.63, 3.8) is 0 Å². The van der Waals surface area contributed by atoms with Crippen LogP contribution in [0.3, 0.4) is 0 Å². The topological polar surface area (TPSA) is 42.0 Å². The Bertz CT molecular complexity index is 671. The fraction of sp³-hybridized carbons (Fsp3) is 0.0769. The molecule has 0 radical (unpaired) electrons. The molecule has 0 atom stereocenters. The molecule has 7 heteroatoms. The molecule has 0 fully saturated rings. The molecule has 0 aliphatic rings. The normalized spacial score (nSPS) is 10.4. The van der Waals surface area contributed by atoms with Crippen LogP contribution < -0.4 is 5.32 Å². The molecule has 104 valence electrons. The Balaban J connectivity index is 2.33. The van der Waals surface area contributed by atoms with E-state index in [1.807, 2.05) is 0 Å². The second kappa shape index (κ2) is 5.85. The Kier molecular flexibility index (Phi) is 4.35. The Morgan fingerprint density at radius 2 is 1.90 bits per heavy atom. The van der Waals surface area contributed by atoms with Crippen molar-refractivity contribution in [2.24, 2.45) is 0 Å². The van der Waals surface area contributed by atoms with Gasteiger partial charge in [0.25, 0.3) is 5.91 Å². The zero-order valence-corrected chi connectivity index (χ0v) is 12.5. The van der Waals surface area contributed by atoms with Gasteiger partial charge < -0.3 is 5.32 Å². The summed E-state index contributed by atoms with van der Waals surface area (Å²) in [7, 11) is 0. The van der Waals surface area contributed by atoms with Crippen LogP contribution in [0.4, 0.5) is 14.5 Å². The highest BCUT2D eigenvalue weighted by Gasteiger charge is 2.19. The van der Waals surface area contributed by atoms with Crippen LogP contribution in [0.5, 0.6) is 0 Å². The summed E-state index contributed by atoms with van der Waals surface area (Å²) in [5, 5.41) is 2.66. The lowest BCUT2D eigenvalue weighted by Crippen LogP contribution is -2.17. The lowest BCUT2D eigenvalue weighted by Gasteiger charge is -2.09. The number of benzene rings is 1. The molecule has 0 aliphatic heterocycles. The molecule has 1 aromatic heterocycles. The van der Waals surface area contributed by atoms with E-state index in [0.717, 1.165) is 12.1 Å².